The van der Waals surface area contributed by atoms with Crippen LogP contribution in [-0.2, 0) is 0 Å². The molecular weight excluding hydrogens is 256 g/mol. The van der Waals surface area contributed by atoms with Crippen LogP contribution in [0.4, 0.5) is 0 Å². The number of hydrogen-bond donors (Lipinski definition) is 1. The van der Waals surface area contributed by atoms with E-state index in [4.69, 9.17) is 11.6 Å². The van der Waals surface area contributed by atoms with Crippen LogP contribution in [-0.4, -0.2) is 31.1 Å². The molecule has 1 aromatic rings. The van der Waals surface area contributed by atoms with Crippen molar-refractivity contribution in [3.05, 3.63) is 34.3 Å². The van der Waals surface area contributed by atoms with Gasteiger partial charge in [-0.3, -0.25) is 4.90 Å². The quantitative estimate of drug-likeness (QED) is 0.883. The normalized spacial score (nSPS) is 18.5. The Morgan fingerprint density at radius 2 is 2.05 bits per heavy atom. The molecule has 1 saturated heterocycles. The van der Waals surface area contributed by atoms with E-state index in [2.05, 4.69) is 36.2 Å². The fourth-order valence-electron chi connectivity index (χ4n) is 2.94. The molecule has 2 nitrogen and oxygen atoms in total. The SMILES string of the molecule is CCCC[C@@H](c1ccc(Cl)cc1C)N1CCNCC1. The Morgan fingerprint density at radius 3 is 2.68 bits per heavy atom. The number of nitrogens with zero attached hydrogens (tertiary/aromatic N) is 1. The summed E-state index contributed by atoms with van der Waals surface area (Å²) in [6, 6.07) is 6.91. The van der Waals surface area contributed by atoms with Crippen LogP contribution >= 0.6 is 11.6 Å². The first kappa shape index (κ1) is 14.8. The number of unbranched alkanes of at least 4 members (excludes halogenated alkanes) is 1. The minimum atomic E-state index is 0.555. The monoisotopic (exact) mass is 280 g/mol. The van der Waals surface area contributed by atoms with Crippen molar-refractivity contribution in [1.82, 2.24) is 10.2 Å². The topological polar surface area (TPSA) is 15.3 Å². The molecule has 2 rings (SSSR count). The molecule has 1 aromatic carbocycles. The molecule has 0 amide bonds. The van der Waals surface area contributed by atoms with Gasteiger partial charge in [-0.2, -0.15) is 0 Å². The Kier molecular flexibility index (Phi) is 5.68. The lowest BCUT2D eigenvalue weighted by molar-refractivity contribution is 0.162. The van der Waals surface area contributed by atoms with Crippen molar-refractivity contribution >= 4 is 11.6 Å². The maximum Gasteiger partial charge on any atom is 0.0408 e. The first-order valence-electron chi connectivity index (χ1n) is 7.43. The van der Waals surface area contributed by atoms with Crippen molar-refractivity contribution in [3.63, 3.8) is 0 Å². The summed E-state index contributed by atoms with van der Waals surface area (Å²) in [7, 11) is 0. The zero-order valence-corrected chi connectivity index (χ0v) is 12.8. The number of hydrogen-bond acceptors (Lipinski definition) is 2. The molecule has 0 radical (unpaired) electrons. The Bertz CT molecular complexity index is 400. The van der Waals surface area contributed by atoms with Crippen molar-refractivity contribution in [1.29, 1.82) is 0 Å². The van der Waals surface area contributed by atoms with Crippen LogP contribution in [0.3, 0.4) is 0 Å². The highest BCUT2D eigenvalue weighted by Gasteiger charge is 2.22. The van der Waals surface area contributed by atoms with E-state index in [0.29, 0.717) is 6.04 Å². The molecule has 1 aliphatic rings. The number of nitrogens with one attached hydrogen (secondary N) is 1. The Balaban J connectivity index is 2.19. The molecule has 0 bridgehead atoms. The van der Waals surface area contributed by atoms with E-state index in [-0.39, 0.29) is 0 Å². The van der Waals surface area contributed by atoms with Crippen LogP contribution in [0.25, 0.3) is 0 Å². The summed E-state index contributed by atoms with van der Waals surface area (Å²) in [6.07, 6.45) is 3.80. The second-order valence-electron chi connectivity index (χ2n) is 5.44. The minimum absolute atomic E-state index is 0.555. The van der Waals surface area contributed by atoms with Crippen LogP contribution in [0.2, 0.25) is 5.02 Å². The zero-order chi connectivity index (χ0) is 13.7. The number of aryl methyl sites for hydroxylation is 1. The number of benzene rings is 1. The first-order valence-corrected chi connectivity index (χ1v) is 7.81. The molecule has 0 spiro atoms. The van der Waals surface area contributed by atoms with Gasteiger partial charge in [-0.15, -0.1) is 0 Å². The molecule has 0 unspecified atom stereocenters. The average molecular weight is 281 g/mol. The number of piperazine rings is 1. The van der Waals surface area contributed by atoms with Gasteiger partial charge in [0.1, 0.15) is 0 Å². The minimum Gasteiger partial charge on any atom is -0.314 e. The largest absolute Gasteiger partial charge is 0.314 e. The fourth-order valence-corrected chi connectivity index (χ4v) is 3.17. The van der Waals surface area contributed by atoms with E-state index in [9.17, 15) is 0 Å². The molecule has 0 aromatic heterocycles. The Hall–Kier alpha value is -0.570. The van der Waals surface area contributed by atoms with E-state index in [1.54, 1.807) is 0 Å². The second kappa shape index (κ2) is 7.28. The number of halogens is 1. The predicted molar refractivity (Wildman–Crippen MR) is 82.9 cm³/mol. The van der Waals surface area contributed by atoms with Gasteiger partial charge in [0.2, 0.25) is 0 Å². The molecule has 1 aliphatic heterocycles. The summed E-state index contributed by atoms with van der Waals surface area (Å²) in [6.45, 7) is 8.96. The molecule has 106 valence electrons. The van der Waals surface area contributed by atoms with Gasteiger partial charge in [-0.1, -0.05) is 37.4 Å². The van der Waals surface area contributed by atoms with E-state index in [1.165, 1.54) is 30.4 Å². The van der Waals surface area contributed by atoms with Crippen molar-refractivity contribution in [2.45, 2.75) is 39.2 Å². The van der Waals surface area contributed by atoms with Gasteiger partial charge in [0.05, 0.1) is 0 Å². The van der Waals surface area contributed by atoms with E-state index in [1.807, 2.05) is 6.07 Å². The average Bonchev–Trinajstić information content (AvgIpc) is 2.42. The van der Waals surface area contributed by atoms with Gasteiger partial charge in [-0.05, 0) is 36.6 Å². The van der Waals surface area contributed by atoms with Gasteiger partial charge in [0, 0.05) is 37.2 Å². The maximum absolute atomic E-state index is 6.09. The third kappa shape index (κ3) is 3.95. The highest BCUT2D eigenvalue weighted by atomic mass is 35.5. The first-order chi connectivity index (χ1) is 9.22. The molecule has 1 N–H and O–H groups in total. The fraction of sp³-hybridized carbons (Fsp3) is 0.625. The molecule has 19 heavy (non-hydrogen) atoms. The predicted octanol–water partition coefficient (Wildman–Crippen LogP) is 3.78. The highest BCUT2D eigenvalue weighted by molar-refractivity contribution is 6.30. The van der Waals surface area contributed by atoms with E-state index >= 15 is 0 Å². The van der Waals surface area contributed by atoms with Gasteiger partial charge < -0.3 is 5.32 Å². The van der Waals surface area contributed by atoms with Crippen molar-refractivity contribution in [2.24, 2.45) is 0 Å². The van der Waals surface area contributed by atoms with Crippen LogP contribution in [0.15, 0.2) is 18.2 Å². The van der Waals surface area contributed by atoms with Gasteiger partial charge >= 0.3 is 0 Å². The Labute approximate surface area is 122 Å². The molecule has 1 fully saturated rings. The van der Waals surface area contributed by atoms with Gasteiger partial charge in [0.15, 0.2) is 0 Å². The second-order valence-corrected chi connectivity index (χ2v) is 5.88. The molecular formula is C16H25ClN2. The van der Waals surface area contributed by atoms with Crippen LogP contribution in [0.5, 0.6) is 0 Å². The van der Waals surface area contributed by atoms with Gasteiger partial charge in [0.25, 0.3) is 0 Å². The smallest absolute Gasteiger partial charge is 0.0408 e. The third-order valence-corrected chi connectivity index (χ3v) is 4.25. The summed E-state index contributed by atoms with van der Waals surface area (Å²) < 4.78 is 0. The highest BCUT2D eigenvalue weighted by Crippen LogP contribution is 2.30. The summed E-state index contributed by atoms with van der Waals surface area (Å²) in [5.41, 5.74) is 2.78. The third-order valence-electron chi connectivity index (χ3n) is 4.01. The maximum atomic E-state index is 6.09. The lowest BCUT2D eigenvalue weighted by Crippen LogP contribution is -2.45. The molecule has 3 heteroatoms. The summed E-state index contributed by atoms with van der Waals surface area (Å²) in [5, 5.41) is 4.28. The summed E-state index contributed by atoms with van der Waals surface area (Å²) in [5.74, 6) is 0. The lowest BCUT2D eigenvalue weighted by atomic mass is 9.95. The lowest BCUT2D eigenvalue weighted by Gasteiger charge is -2.36. The van der Waals surface area contributed by atoms with Crippen LogP contribution in [0, 0.1) is 6.92 Å². The molecule has 1 atom stereocenters. The van der Waals surface area contributed by atoms with E-state index in [0.717, 1.165) is 31.2 Å². The molecule has 1 heterocycles. The van der Waals surface area contributed by atoms with Crippen molar-refractivity contribution in [2.75, 3.05) is 26.2 Å². The van der Waals surface area contributed by atoms with E-state index < -0.39 is 0 Å². The van der Waals surface area contributed by atoms with Crippen LogP contribution in [0.1, 0.15) is 43.4 Å². The number of rotatable bonds is 5. The summed E-state index contributed by atoms with van der Waals surface area (Å²) in [4.78, 5) is 2.63. The molecule has 0 saturated carbocycles. The molecule has 0 aliphatic carbocycles. The van der Waals surface area contributed by atoms with Crippen molar-refractivity contribution < 1.29 is 0 Å². The standard InChI is InChI=1S/C16H25ClN2/c1-3-4-5-16(19-10-8-18-9-11-19)15-7-6-14(17)12-13(15)2/h6-7,12,16,18H,3-5,8-11H2,1-2H3/t16-/m0/s1. The Morgan fingerprint density at radius 1 is 1.32 bits per heavy atom. The van der Waals surface area contributed by atoms with Crippen molar-refractivity contribution in [3.8, 4) is 0 Å². The summed E-state index contributed by atoms with van der Waals surface area (Å²) >= 11 is 6.09. The zero-order valence-electron chi connectivity index (χ0n) is 12.1. The van der Waals surface area contributed by atoms with Crippen LogP contribution < -0.4 is 5.32 Å². The van der Waals surface area contributed by atoms with Gasteiger partial charge in [-0.25, -0.2) is 0 Å².